The molecule has 0 bridgehead atoms. The van der Waals surface area contributed by atoms with Gasteiger partial charge in [-0.05, 0) is 89.9 Å². The van der Waals surface area contributed by atoms with Gasteiger partial charge in [0.05, 0.1) is 6.61 Å². The fourth-order valence-electron chi connectivity index (χ4n) is 4.34. The van der Waals surface area contributed by atoms with E-state index in [2.05, 4.69) is 123 Å². The van der Waals surface area contributed by atoms with Gasteiger partial charge in [0.1, 0.15) is 6.61 Å². The number of aliphatic hydroxyl groups is 1. The second-order valence-corrected chi connectivity index (χ2v) is 11.5. The molecule has 0 fully saturated rings. The van der Waals surface area contributed by atoms with E-state index in [1.165, 1.54) is 0 Å². The van der Waals surface area contributed by atoms with Crippen molar-refractivity contribution < 1.29 is 24.2 Å². The molecule has 0 amide bonds. The summed E-state index contributed by atoms with van der Waals surface area (Å²) in [6, 6.07) is 0. The van der Waals surface area contributed by atoms with E-state index in [0.717, 1.165) is 96.3 Å². The number of allylic oxidation sites excluding steroid dienone is 18. The van der Waals surface area contributed by atoms with E-state index in [1.807, 2.05) is 0 Å². The predicted molar refractivity (Wildman–Crippen MR) is 205 cm³/mol. The molecule has 0 aliphatic carbocycles. The molecule has 0 aliphatic rings. The lowest BCUT2D eigenvalue weighted by atomic mass is 10.1. The van der Waals surface area contributed by atoms with Gasteiger partial charge in [0, 0.05) is 12.8 Å². The van der Waals surface area contributed by atoms with Crippen LogP contribution in [-0.4, -0.2) is 36.4 Å². The van der Waals surface area contributed by atoms with Crippen LogP contribution in [0.2, 0.25) is 0 Å². The number of carbonyl (C=O) groups excluding carboxylic acids is 2. The van der Waals surface area contributed by atoms with Crippen molar-refractivity contribution >= 4 is 11.9 Å². The smallest absolute Gasteiger partial charge is 0.306 e. The van der Waals surface area contributed by atoms with Crippen molar-refractivity contribution in [1.82, 2.24) is 0 Å². The summed E-state index contributed by atoms with van der Waals surface area (Å²) >= 11 is 0. The number of hydrogen-bond donors (Lipinski definition) is 1. The van der Waals surface area contributed by atoms with E-state index in [0.29, 0.717) is 12.8 Å². The van der Waals surface area contributed by atoms with Crippen molar-refractivity contribution in [3.8, 4) is 0 Å². The zero-order chi connectivity index (χ0) is 35.0. The fraction of sp³-hybridized carbons (Fsp3) is 0.535. The summed E-state index contributed by atoms with van der Waals surface area (Å²) < 4.78 is 10.5. The Bertz CT molecular complexity index is 1020. The van der Waals surface area contributed by atoms with Crippen molar-refractivity contribution in [1.29, 1.82) is 0 Å². The van der Waals surface area contributed by atoms with Crippen molar-refractivity contribution in [3.63, 3.8) is 0 Å². The third-order valence-electron chi connectivity index (χ3n) is 7.06. The molecule has 48 heavy (non-hydrogen) atoms. The number of unbranched alkanes of at least 4 members (excludes halogenated alkanes) is 5. The maximum Gasteiger partial charge on any atom is 0.306 e. The van der Waals surface area contributed by atoms with E-state index in [1.54, 1.807) is 0 Å². The molecule has 0 rings (SSSR count). The van der Waals surface area contributed by atoms with E-state index in [9.17, 15) is 14.7 Å². The zero-order valence-electron chi connectivity index (χ0n) is 30.2. The number of hydrogen-bond acceptors (Lipinski definition) is 5. The predicted octanol–water partition coefficient (Wildman–Crippen LogP) is 11.5. The maximum absolute atomic E-state index is 12.1. The largest absolute Gasteiger partial charge is 0.462 e. The first-order valence-electron chi connectivity index (χ1n) is 18.4. The molecule has 0 aliphatic heterocycles. The quantitative estimate of drug-likeness (QED) is 0.0454. The molecule has 5 nitrogen and oxygen atoms in total. The lowest BCUT2D eigenvalue weighted by molar-refractivity contribution is -0.161. The lowest BCUT2D eigenvalue weighted by Gasteiger charge is -2.15. The maximum atomic E-state index is 12.1. The molecular weight excluding hydrogens is 596 g/mol. The minimum atomic E-state index is -0.818. The molecule has 1 N–H and O–H groups in total. The Labute approximate surface area is 293 Å². The van der Waals surface area contributed by atoms with Gasteiger partial charge in [0.2, 0.25) is 0 Å². The molecule has 0 aromatic carbocycles. The molecular formula is C43H66O5. The molecule has 0 aromatic heterocycles. The van der Waals surface area contributed by atoms with Crippen LogP contribution in [0.15, 0.2) is 109 Å². The Hall–Kier alpha value is -3.44. The average Bonchev–Trinajstić information content (AvgIpc) is 3.09. The number of ether oxygens (including phenoxy) is 2. The van der Waals surface area contributed by atoms with Gasteiger partial charge >= 0.3 is 11.9 Å². The first-order valence-corrected chi connectivity index (χ1v) is 18.4. The second-order valence-electron chi connectivity index (χ2n) is 11.5. The number of carbonyl (C=O) groups is 2. The number of esters is 2. The standard InChI is InChI=1S/C43H66O5/c1-3-5-7-9-11-13-15-17-19-21-23-25-27-29-31-33-35-37-42(45)47-40-41(39-44)48-43(46)38-36-34-32-30-28-26-24-22-20-18-16-14-12-10-8-6-4-2/h5-8,11-14,17-20,23-26,30,32,41,44H,3-4,9-10,15-16,21-22,27-29,31,33-40H2,1-2H3/b7-5-,8-6-,13-11-,14-12-,19-17-,20-18-,25-23-,26-24-,32-30-/t41-/m0/s1. The fourth-order valence-corrected chi connectivity index (χ4v) is 4.34. The lowest BCUT2D eigenvalue weighted by Crippen LogP contribution is -2.28. The number of rotatable bonds is 31. The van der Waals surface area contributed by atoms with Crippen LogP contribution in [0.5, 0.6) is 0 Å². The molecule has 0 heterocycles. The van der Waals surface area contributed by atoms with Crippen LogP contribution in [-0.2, 0) is 19.1 Å². The Morgan fingerprint density at radius 2 is 0.854 bits per heavy atom. The van der Waals surface area contributed by atoms with Crippen molar-refractivity contribution in [2.24, 2.45) is 0 Å². The first-order chi connectivity index (χ1) is 23.6. The molecule has 0 aromatic rings. The summed E-state index contributed by atoms with van der Waals surface area (Å²) in [7, 11) is 0. The van der Waals surface area contributed by atoms with Crippen LogP contribution < -0.4 is 0 Å². The normalized spacial score (nSPS) is 13.5. The molecule has 0 spiro atoms. The third kappa shape index (κ3) is 35.4. The Morgan fingerprint density at radius 1 is 0.479 bits per heavy atom. The summed E-state index contributed by atoms with van der Waals surface area (Å²) in [5.41, 5.74) is 0. The van der Waals surface area contributed by atoms with Crippen LogP contribution in [0.4, 0.5) is 0 Å². The van der Waals surface area contributed by atoms with Gasteiger partial charge < -0.3 is 14.6 Å². The summed E-state index contributed by atoms with van der Waals surface area (Å²) in [5.74, 6) is -0.701. The van der Waals surface area contributed by atoms with Gasteiger partial charge in [0.25, 0.3) is 0 Å². The molecule has 1 atom stereocenters. The van der Waals surface area contributed by atoms with Gasteiger partial charge in [0.15, 0.2) is 6.10 Å². The van der Waals surface area contributed by atoms with E-state index >= 15 is 0 Å². The average molecular weight is 663 g/mol. The Morgan fingerprint density at radius 3 is 1.29 bits per heavy atom. The third-order valence-corrected chi connectivity index (χ3v) is 7.06. The van der Waals surface area contributed by atoms with Crippen LogP contribution in [0, 0.1) is 0 Å². The van der Waals surface area contributed by atoms with E-state index in [-0.39, 0.29) is 31.6 Å². The molecule has 0 saturated carbocycles. The highest BCUT2D eigenvalue weighted by molar-refractivity contribution is 5.70. The highest BCUT2D eigenvalue weighted by Gasteiger charge is 2.15. The summed E-state index contributed by atoms with van der Waals surface area (Å²) in [5, 5.41) is 9.53. The van der Waals surface area contributed by atoms with E-state index < -0.39 is 6.10 Å². The monoisotopic (exact) mass is 662 g/mol. The van der Waals surface area contributed by atoms with Crippen LogP contribution in [0.3, 0.4) is 0 Å². The van der Waals surface area contributed by atoms with E-state index in [4.69, 9.17) is 9.47 Å². The van der Waals surface area contributed by atoms with Crippen molar-refractivity contribution in [2.45, 2.75) is 136 Å². The topological polar surface area (TPSA) is 72.8 Å². The Balaban J connectivity index is 3.77. The molecule has 0 unspecified atom stereocenters. The molecule has 0 radical (unpaired) electrons. The van der Waals surface area contributed by atoms with Gasteiger partial charge in [-0.25, -0.2) is 0 Å². The summed E-state index contributed by atoms with van der Waals surface area (Å²) in [4.78, 5) is 24.2. The van der Waals surface area contributed by atoms with Crippen LogP contribution in [0.1, 0.15) is 129 Å². The summed E-state index contributed by atoms with van der Waals surface area (Å²) in [6.07, 6.45) is 54.3. The van der Waals surface area contributed by atoms with Crippen LogP contribution in [0.25, 0.3) is 0 Å². The summed E-state index contributed by atoms with van der Waals surface area (Å²) in [6.45, 7) is 3.81. The molecule has 268 valence electrons. The minimum absolute atomic E-state index is 0.109. The van der Waals surface area contributed by atoms with Gasteiger partial charge in [-0.1, -0.05) is 136 Å². The van der Waals surface area contributed by atoms with Gasteiger partial charge in [-0.15, -0.1) is 0 Å². The number of aliphatic hydroxyl groups excluding tert-OH is 1. The molecule has 0 saturated heterocycles. The first kappa shape index (κ1) is 44.6. The second kappa shape index (κ2) is 38.0. The minimum Gasteiger partial charge on any atom is -0.462 e. The highest BCUT2D eigenvalue weighted by atomic mass is 16.6. The Kier molecular flexibility index (Phi) is 35.3. The highest BCUT2D eigenvalue weighted by Crippen LogP contribution is 2.08. The van der Waals surface area contributed by atoms with Crippen molar-refractivity contribution in [3.05, 3.63) is 109 Å². The molecule has 5 heteroatoms. The SMILES string of the molecule is CC/C=C\C/C=C\C/C=C\C/C=C\C/C=C\CCCC(=O)O[C@@H](CO)COC(=O)CCCCCC/C=C\C/C=C\C/C=C\C/C=C\CC. The van der Waals surface area contributed by atoms with Crippen LogP contribution >= 0.6 is 0 Å². The van der Waals surface area contributed by atoms with Gasteiger partial charge in [-0.3, -0.25) is 9.59 Å². The zero-order valence-corrected chi connectivity index (χ0v) is 30.2. The van der Waals surface area contributed by atoms with Gasteiger partial charge in [-0.2, -0.15) is 0 Å². The van der Waals surface area contributed by atoms with Crippen molar-refractivity contribution in [2.75, 3.05) is 13.2 Å².